The predicted octanol–water partition coefficient (Wildman–Crippen LogP) is 4.41. The Morgan fingerprint density at radius 2 is 1.49 bits per heavy atom. The van der Waals surface area contributed by atoms with E-state index in [1.54, 1.807) is 90.1 Å². The molecule has 0 aliphatic heterocycles. The number of esters is 2. The Kier molecular flexibility index (Phi) is 9.57. The molecule has 0 aliphatic rings. The summed E-state index contributed by atoms with van der Waals surface area (Å²) in [5.41, 5.74) is 0.762. The van der Waals surface area contributed by atoms with Gasteiger partial charge in [-0.15, -0.1) is 0 Å². The summed E-state index contributed by atoms with van der Waals surface area (Å²) < 4.78 is 15.7. The van der Waals surface area contributed by atoms with Crippen molar-refractivity contribution in [2.24, 2.45) is 0 Å². The number of rotatable bonds is 9. The lowest BCUT2D eigenvalue weighted by Gasteiger charge is -2.25. The molecule has 35 heavy (non-hydrogen) atoms. The number of hydrogen-bond acceptors (Lipinski definition) is 7. The van der Waals surface area contributed by atoms with Crippen molar-refractivity contribution in [2.75, 3.05) is 6.61 Å². The molecule has 0 saturated carbocycles. The van der Waals surface area contributed by atoms with Crippen molar-refractivity contribution in [1.29, 1.82) is 0 Å². The van der Waals surface area contributed by atoms with Gasteiger partial charge in [-0.05, 0) is 53.2 Å². The lowest BCUT2D eigenvalue weighted by atomic mass is 9.96. The minimum absolute atomic E-state index is 0.161. The minimum atomic E-state index is -1.25. The van der Waals surface area contributed by atoms with Crippen molar-refractivity contribution in [3.63, 3.8) is 0 Å². The number of nitrogens with one attached hydrogen (secondary N) is 1. The van der Waals surface area contributed by atoms with Gasteiger partial charge in [-0.1, -0.05) is 48.5 Å². The first kappa shape index (κ1) is 27.6. The summed E-state index contributed by atoms with van der Waals surface area (Å²) in [6.45, 7) is 9.59. The summed E-state index contributed by atoms with van der Waals surface area (Å²) in [5.74, 6) is -2.26. The largest absolute Gasteiger partial charge is 0.462 e. The number of alkyl carbamates (subject to hydrolysis) is 1. The van der Waals surface area contributed by atoms with Crippen molar-refractivity contribution in [3.05, 3.63) is 71.3 Å². The first-order valence-corrected chi connectivity index (χ1v) is 11.4. The minimum Gasteiger partial charge on any atom is -0.462 e. The maximum Gasteiger partial charge on any atom is 0.408 e. The van der Waals surface area contributed by atoms with Crippen molar-refractivity contribution in [1.82, 2.24) is 5.32 Å². The third-order valence-electron chi connectivity index (χ3n) is 4.76. The number of ketones is 1. The Bertz CT molecular complexity index is 1040. The number of amides is 1. The highest BCUT2D eigenvalue weighted by Crippen LogP contribution is 2.20. The Balaban J connectivity index is 2.10. The fourth-order valence-electron chi connectivity index (χ4n) is 3.06. The van der Waals surface area contributed by atoms with E-state index in [4.69, 9.17) is 14.2 Å². The molecule has 2 aromatic carbocycles. The smallest absolute Gasteiger partial charge is 0.408 e. The van der Waals surface area contributed by atoms with E-state index >= 15 is 0 Å². The molecule has 188 valence electrons. The summed E-state index contributed by atoms with van der Waals surface area (Å²) >= 11 is 0. The Morgan fingerprint density at radius 3 is 2.09 bits per heavy atom. The molecule has 0 bridgehead atoms. The van der Waals surface area contributed by atoms with Gasteiger partial charge in [0.05, 0.1) is 12.0 Å². The van der Waals surface area contributed by atoms with Gasteiger partial charge < -0.3 is 19.5 Å². The van der Waals surface area contributed by atoms with E-state index in [9.17, 15) is 19.2 Å². The van der Waals surface area contributed by atoms with Gasteiger partial charge in [0.1, 0.15) is 12.2 Å². The van der Waals surface area contributed by atoms with Crippen molar-refractivity contribution in [3.8, 4) is 0 Å². The zero-order chi connectivity index (χ0) is 26.2. The molecule has 1 unspecified atom stereocenters. The second-order valence-corrected chi connectivity index (χ2v) is 9.36. The van der Waals surface area contributed by atoms with Crippen LogP contribution in [0, 0.1) is 0 Å². The second-order valence-electron chi connectivity index (χ2n) is 9.36. The van der Waals surface area contributed by atoms with Crippen LogP contribution in [0.1, 0.15) is 68.9 Å². The molecule has 0 aliphatic carbocycles. The molecule has 8 heteroatoms. The van der Waals surface area contributed by atoms with E-state index < -0.39 is 48.3 Å². The van der Waals surface area contributed by atoms with E-state index in [0.29, 0.717) is 16.7 Å². The van der Waals surface area contributed by atoms with Gasteiger partial charge in [-0.25, -0.2) is 9.59 Å². The molecule has 2 aromatic rings. The molecule has 0 radical (unpaired) electrons. The van der Waals surface area contributed by atoms with Crippen LogP contribution in [-0.2, 0) is 23.8 Å². The molecular weight excluding hydrogens is 450 g/mol. The highest BCUT2D eigenvalue weighted by Gasteiger charge is 2.30. The van der Waals surface area contributed by atoms with Crippen LogP contribution in [-0.4, -0.2) is 48.2 Å². The van der Waals surface area contributed by atoms with E-state index in [0.717, 1.165) is 0 Å². The van der Waals surface area contributed by atoms with Crippen LogP contribution in [0.5, 0.6) is 0 Å². The number of carbonyl (C=O) groups is 4. The van der Waals surface area contributed by atoms with Gasteiger partial charge >= 0.3 is 18.0 Å². The zero-order valence-electron chi connectivity index (χ0n) is 21.0. The first-order valence-electron chi connectivity index (χ1n) is 11.4. The van der Waals surface area contributed by atoms with Crippen LogP contribution in [0.4, 0.5) is 4.79 Å². The Labute approximate surface area is 205 Å². The Hall–Kier alpha value is -3.68. The number of hydrogen-bond donors (Lipinski definition) is 1. The van der Waals surface area contributed by atoms with Gasteiger partial charge in [0.25, 0.3) is 0 Å². The topological polar surface area (TPSA) is 108 Å². The lowest BCUT2D eigenvalue weighted by Crippen LogP contribution is -2.48. The molecule has 2 rings (SSSR count). The number of benzene rings is 2. The fraction of sp³-hybridized carbons (Fsp3) is 0.407. The standard InChI is InChI=1S/C27H33NO7/c1-17(2)34-26(32)28-22(25(31)35-27(4,5)6)16-33-24(30)18(3)20-13-10-14-21(15-20)23(29)19-11-8-7-9-12-19/h7-15,17-18,22H,16H2,1-6H3,(H,28,32)/t18-,22?/m0/s1. The maximum atomic E-state index is 12.8. The number of carbonyl (C=O) groups excluding carboxylic acids is 4. The molecule has 0 saturated heterocycles. The highest BCUT2D eigenvalue weighted by molar-refractivity contribution is 6.09. The third-order valence-corrected chi connectivity index (χ3v) is 4.76. The molecule has 1 amide bonds. The third kappa shape index (κ3) is 8.88. The molecule has 0 aromatic heterocycles. The van der Waals surface area contributed by atoms with E-state index in [-0.39, 0.29) is 5.78 Å². The summed E-state index contributed by atoms with van der Waals surface area (Å²) in [7, 11) is 0. The second kappa shape index (κ2) is 12.1. The van der Waals surface area contributed by atoms with Crippen molar-refractivity contribution < 1.29 is 33.4 Å². The van der Waals surface area contributed by atoms with E-state index in [1.807, 2.05) is 6.07 Å². The van der Waals surface area contributed by atoms with Crippen molar-refractivity contribution >= 4 is 23.8 Å². The first-order chi connectivity index (χ1) is 16.4. The number of ether oxygens (including phenoxy) is 3. The molecular formula is C27H33NO7. The molecule has 8 nitrogen and oxygen atoms in total. The predicted molar refractivity (Wildman–Crippen MR) is 130 cm³/mol. The fourth-order valence-corrected chi connectivity index (χ4v) is 3.06. The van der Waals surface area contributed by atoms with Gasteiger partial charge in [0.15, 0.2) is 11.8 Å². The van der Waals surface area contributed by atoms with Gasteiger partial charge in [0, 0.05) is 11.1 Å². The van der Waals surface area contributed by atoms with Gasteiger partial charge in [0.2, 0.25) is 0 Å². The van der Waals surface area contributed by atoms with Crippen LogP contribution in [0.2, 0.25) is 0 Å². The zero-order valence-corrected chi connectivity index (χ0v) is 21.0. The van der Waals surface area contributed by atoms with Crippen molar-refractivity contribution in [2.45, 2.75) is 65.2 Å². The summed E-state index contributed by atoms with van der Waals surface area (Å²) in [6, 6.07) is 14.3. The normalized spacial score (nSPS) is 12.9. The van der Waals surface area contributed by atoms with Crippen LogP contribution in [0.25, 0.3) is 0 Å². The van der Waals surface area contributed by atoms with E-state index in [1.165, 1.54) is 0 Å². The molecule has 1 N–H and O–H groups in total. The van der Waals surface area contributed by atoms with Crippen LogP contribution in [0.3, 0.4) is 0 Å². The summed E-state index contributed by atoms with van der Waals surface area (Å²) in [4.78, 5) is 50.1. The molecule has 0 spiro atoms. The molecule has 2 atom stereocenters. The average molecular weight is 484 g/mol. The van der Waals surface area contributed by atoms with Gasteiger partial charge in [-0.2, -0.15) is 0 Å². The summed E-state index contributed by atoms with van der Waals surface area (Å²) in [5, 5.41) is 2.39. The quantitative estimate of drug-likeness (QED) is 0.320. The SMILES string of the molecule is CC(C)OC(=O)NC(COC(=O)[C@@H](C)c1cccc(C(=O)c2ccccc2)c1)C(=O)OC(C)(C)C. The van der Waals surface area contributed by atoms with E-state index in [2.05, 4.69) is 5.32 Å². The Morgan fingerprint density at radius 1 is 0.857 bits per heavy atom. The summed E-state index contributed by atoms with van der Waals surface area (Å²) in [6.07, 6.45) is -1.23. The van der Waals surface area contributed by atoms with Crippen LogP contribution < -0.4 is 5.32 Å². The monoisotopic (exact) mass is 483 g/mol. The van der Waals surface area contributed by atoms with Crippen LogP contribution in [0.15, 0.2) is 54.6 Å². The van der Waals surface area contributed by atoms with Gasteiger partial charge in [-0.3, -0.25) is 9.59 Å². The van der Waals surface area contributed by atoms with Crippen LogP contribution >= 0.6 is 0 Å². The highest BCUT2D eigenvalue weighted by atomic mass is 16.6. The molecule has 0 heterocycles. The lowest BCUT2D eigenvalue weighted by molar-refractivity contribution is -0.161. The maximum absolute atomic E-state index is 12.8. The average Bonchev–Trinajstić information content (AvgIpc) is 2.79. The molecule has 0 fully saturated rings.